The molecule has 1 aromatic carbocycles. The highest BCUT2D eigenvalue weighted by atomic mass is 16.3. The van der Waals surface area contributed by atoms with Crippen LogP contribution in [0.3, 0.4) is 0 Å². The van der Waals surface area contributed by atoms with E-state index in [9.17, 15) is 9.90 Å². The molecule has 0 aliphatic heterocycles. The first-order valence-electron chi connectivity index (χ1n) is 10.7. The van der Waals surface area contributed by atoms with Gasteiger partial charge in [0.15, 0.2) is 17.3 Å². The number of nitrogens with two attached hydrogens (primary N) is 1. The number of anilines is 3. The van der Waals surface area contributed by atoms with Gasteiger partial charge in [-0.15, -0.1) is 0 Å². The van der Waals surface area contributed by atoms with Gasteiger partial charge in [0.2, 0.25) is 0 Å². The van der Waals surface area contributed by atoms with E-state index in [4.69, 9.17) is 10.7 Å². The average molecular weight is 421 g/mol. The number of primary amides is 1. The first-order chi connectivity index (χ1) is 14.9. The number of aliphatic hydroxyl groups is 1. The second-order valence-electron chi connectivity index (χ2n) is 8.36. The van der Waals surface area contributed by atoms with Crippen molar-refractivity contribution in [1.29, 1.82) is 0 Å². The minimum Gasteiger partial charge on any atom is -0.393 e. The Morgan fingerprint density at radius 2 is 1.90 bits per heavy atom. The fourth-order valence-corrected chi connectivity index (χ4v) is 3.92. The Morgan fingerprint density at radius 3 is 2.61 bits per heavy atom. The smallest absolute Gasteiger partial charge is 0.271 e. The number of rotatable bonds is 6. The fraction of sp³-hybridized carbons (Fsp3) is 0.391. The van der Waals surface area contributed by atoms with Crippen LogP contribution in [0, 0.1) is 0 Å². The predicted octanol–water partition coefficient (Wildman–Crippen LogP) is 3.71. The van der Waals surface area contributed by atoms with Crippen molar-refractivity contribution < 1.29 is 9.90 Å². The first kappa shape index (κ1) is 21.0. The normalized spacial score (nSPS) is 18.8. The SMILES string of the molecule is CC(C)c1nc(C(N)=O)c(Nc2ccc3ncccc3c2)nc1N[C@H]1CC[C@H](O)CC1. The van der Waals surface area contributed by atoms with Crippen LogP contribution in [-0.2, 0) is 0 Å². The van der Waals surface area contributed by atoms with E-state index in [0.29, 0.717) is 17.3 Å². The zero-order valence-corrected chi connectivity index (χ0v) is 17.8. The Labute approximate surface area is 181 Å². The molecule has 1 amide bonds. The van der Waals surface area contributed by atoms with Crippen LogP contribution in [0.2, 0.25) is 0 Å². The fourth-order valence-electron chi connectivity index (χ4n) is 3.92. The molecule has 31 heavy (non-hydrogen) atoms. The first-order valence-corrected chi connectivity index (χ1v) is 10.7. The van der Waals surface area contributed by atoms with Gasteiger partial charge in [-0.3, -0.25) is 9.78 Å². The number of benzene rings is 1. The number of nitrogens with one attached hydrogen (secondary N) is 2. The molecule has 1 saturated carbocycles. The van der Waals surface area contributed by atoms with Crippen molar-refractivity contribution in [2.75, 3.05) is 10.6 Å². The second-order valence-corrected chi connectivity index (χ2v) is 8.36. The Balaban J connectivity index is 1.69. The molecule has 5 N–H and O–H groups in total. The quantitative estimate of drug-likeness (QED) is 0.479. The molecule has 1 fully saturated rings. The van der Waals surface area contributed by atoms with E-state index in [1.165, 1.54) is 0 Å². The number of hydrogen-bond donors (Lipinski definition) is 4. The molecule has 0 spiro atoms. The summed E-state index contributed by atoms with van der Waals surface area (Å²) in [6.45, 7) is 4.02. The van der Waals surface area contributed by atoms with Crippen molar-refractivity contribution in [1.82, 2.24) is 15.0 Å². The maximum atomic E-state index is 12.2. The summed E-state index contributed by atoms with van der Waals surface area (Å²) in [5.74, 6) is 0.389. The van der Waals surface area contributed by atoms with E-state index >= 15 is 0 Å². The molecule has 0 unspecified atom stereocenters. The van der Waals surface area contributed by atoms with Crippen molar-refractivity contribution in [2.24, 2.45) is 5.73 Å². The molecule has 0 bridgehead atoms. The lowest BCUT2D eigenvalue weighted by Crippen LogP contribution is -2.30. The minimum absolute atomic E-state index is 0.0584. The third-order valence-electron chi connectivity index (χ3n) is 5.61. The van der Waals surface area contributed by atoms with Crippen LogP contribution < -0.4 is 16.4 Å². The Morgan fingerprint density at radius 1 is 1.13 bits per heavy atom. The minimum atomic E-state index is -0.633. The molecule has 2 aromatic heterocycles. The van der Waals surface area contributed by atoms with Gasteiger partial charge in [0.25, 0.3) is 5.91 Å². The van der Waals surface area contributed by atoms with Crippen LogP contribution in [0.5, 0.6) is 0 Å². The third kappa shape index (κ3) is 4.74. The second kappa shape index (κ2) is 8.85. The highest BCUT2D eigenvalue weighted by Crippen LogP contribution is 2.30. The maximum absolute atomic E-state index is 12.2. The van der Waals surface area contributed by atoms with E-state index in [0.717, 1.165) is 42.3 Å². The number of fused-ring (bicyclic) bond motifs is 1. The molecule has 1 aliphatic rings. The standard InChI is InChI=1S/C23H28N6O2/c1-13(2)19-22(26-15-5-8-17(30)9-6-15)29-23(20(28-19)21(24)31)27-16-7-10-18-14(12-16)4-3-11-25-18/h3-4,7,10-13,15,17,30H,5-6,8-9H2,1-2H3,(H2,24,31)(H2,26,27,29)/t15-,17-. The van der Waals surface area contributed by atoms with E-state index in [1.54, 1.807) is 6.20 Å². The Hall–Kier alpha value is -3.26. The summed E-state index contributed by atoms with van der Waals surface area (Å²) >= 11 is 0. The molecule has 8 nitrogen and oxygen atoms in total. The van der Waals surface area contributed by atoms with Gasteiger partial charge in [-0.25, -0.2) is 9.97 Å². The summed E-state index contributed by atoms with van der Waals surface area (Å²) in [7, 11) is 0. The molecule has 4 rings (SSSR count). The number of nitrogens with zero attached hydrogens (tertiary/aromatic N) is 3. The molecular formula is C23H28N6O2. The van der Waals surface area contributed by atoms with Crippen LogP contribution >= 0.6 is 0 Å². The van der Waals surface area contributed by atoms with E-state index in [2.05, 4.69) is 20.6 Å². The lowest BCUT2D eigenvalue weighted by molar-refractivity contribution is 0.0995. The average Bonchev–Trinajstić information content (AvgIpc) is 2.75. The topological polar surface area (TPSA) is 126 Å². The Bertz CT molecular complexity index is 1090. The van der Waals surface area contributed by atoms with Crippen molar-refractivity contribution in [2.45, 2.75) is 57.6 Å². The van der Waals surface area contributed by atoms with Gasteiger partial charge in [-0.1, -0.05) is 19.9 Å². The van der Waals surface area contributed by atoms with E-state index in [-0.39, 0.29) is 23.8 Å². The highest BCUT2D eigenvalue weighted by Gasteiger charge is 2.24. The lowest BCUT2D eigenvalue weighted by atomic mass is 9.93. The molecule has 0 saturated heterocycles. The predicted molar refractivity (Wildman–Crippen MR) is 122 cm³/mol. The number of amides is 1. The molecule has 0 radical (unpaired) electrons. The molecule has 1 aliphatic carbocycles. The van der Waals surface area contributed by atoms with Crippen LogP contribution in [0.25, 0.3) is 10.9 Å². The van der Waals surface area contributed by atoms with Crippen molar-refractivity contribution >= 4 is 34.1 Å². The number of aromatic nitrogens is 3. The van der Waals surface area contributed by atoms with Crippen LogP contribution in [0.15, 0.2) is 36.5 Å². The van der Waals surface area contributed by atoms with Crippen molar-refractivity contribution in [3.63, 3.8) is 0 Å². The van der Waals surface area contributed by atoms with Crippen LogP contribution in [0.4, 0.5) is 17.3 Å². The summed E-state index contributed by atoms with van der Waals surface area (Å²) in [6.07, 6.45) is 4.76. The summed E-state index contributed by atoms with van der Waals surface area (Å²) < 4.78 is 0. The number of carbonyl (C=O) groups excluding carboxylic acids is 1. The summed E-state index contributed by atoms with van der Waals surface area (Å²) in [6, 6.07) is 9.79. The van der Waals surface area contributed by atoms with E-state index < -0.39 is 5.91 Å². The largest absolute Gasteiger partial charge is 0.393 e. The highest BCUT2D eigenvalue weighted by molar-refractivity contribution is 5.97. The molecular weight excluding hydrogens is 392 g/mol. The van der Waals surface area contributed by atoms with Gasteiger partial charge in [-0.05, 0) is 55.9 Å². The maximum Gasteiger partial charge on any atom is 0.271 e. The third-order valence-corrected chi connectivity index (χ3v) is 5.61. The lowest BCUT2D eigenvalue weighted by Gasteiger charge is -2.28. The number of aliphatic hydroxyl groups excluding tert-OH is 1. The van der Waals surface area contributed by atoms with Gasteiger partial charge < -0.3 is 21.5 Å². The van der Waals surface area contributed by atoms with E-state index in [1.807, 2.05) is 44.2 Å². The van der Waals surface area contributed by atoms with Gasteiger partial charge >= 0.3 is 0 Å². The van der Waals surface area contributed by atoms with Gasteiger partial charge in [0.1, 0.15) is 0 Å². The van der Waals surface area contributed by atoms with Gasteiger partial charge in [-0.2, -0.15) is 0 Å². The van der Waals surface area contributed by atoms with Crippen LogP contribution in [-0.4, -0.2) is 38.1 Å². The summed E-state index contributed by atoms with van der Waals surface area (Å²) in [5.41, 5.74) is 8.10. The molecule has 0 atom stereocenters. The number of carbonyl (C=O) groups is 1. The van der Waals surface area contributed by atoms with Crippen molar-refractivity contribution in [3.05, 3.63) is 47.9 Å². The monoisotopic (exact) mass is 420 g/mol. The Kier molecular flexibility index (Phi) is 5.99. The van der Waals surface area contributed by atoms with Gasteiger partial charge in [0.05, 0.1) is 17.3 Å². The molecule has 3 aromatic rings. The summed E-state index contributed by atoms with van der Waals surface area (Å²) in [5, 5.41) is 17.5. The molecule has 2 heterocycles. The van der Waals surface area contributed by atoms with Gasteiger partial charge in [0, 0.05) is 23.3 Å². The number of pyridine rings is 1. The number of hydrogen-bond acceptors (Lipinski definition) is 7. The molecule has 162 valence electrons. The van der Waals surface area contributed by atoms with Crippen LogP contribution in [0.1, 0.15) is 61.6 Å². The summed E-state index contributed by atoms with van der Waals surface area (Å²) in [4.78, 5) is 25.8. The molecule has 8 heteroatoms. The zero-order valence-electron chi connectivity index (χ0n) is 17.8. The van der Waals surface area contributed by atoms with Crippen molar-refractivity contribution in [3.8, 4) is 0 Å². The zero-order chi connectivity index (χ0) is 22.0.